The van der Waals surface area contributed by atoms with Gasteiger partial charge in [-0.3, -0.25) is 4.90 Å². The van der Waals surface area contributed by atoms with Crippen molar-refractivity contribution in [2.45, 2.75) is 32.9 Å². The Morgan fingerprint density at radius 3 is 2.64 bits per heavy atom. The summed E-state index contributed by atoms with van der Waals surface area (Å²) in [6.07, 6.45) is 0.973. The van der Waals surface area contributed by atoms with Gasteiger partial charge in [-0.2, -0.15) is 0 Å². The Bertz CT molecular complexity index is 477. The van der Waals surface area contributed by atoms with E-state index in [1.165, 1.54) is 5.56 Å². The quantitative estimate of drug-likeness (QED) is 0.804. The fourth-order valence-corrected chi connectivity index (χ4v) is 3.30. The molecule has 0 amide bonds. The first-order chi connectivity index (χ1) is 10.0. The summed E-state index contributed by atoms with van der Waals surface area (Å²) in [6, 6.07) is 4.45. The van der Waals surface area contributed by atoms with Gasteiger partial charge in [-0.05, 0) is 46.0 Å². The average Bonchev–Trinajstić information content (AvgIpc) is 2.75. The largest absolute Gasteiger partial charge is 0.493 e. The first kappa shape index (κ1) is 19.6. The normalized spacial score (nSPS) is 21.5. The molecule has 1 fully saturated rings. The number of hydrogen-bond donors (Lipinski definition) is 1. The van der Waals surface area contributed by atoms with Gasteiger partial charge in [0.1, 0.15) is 0 Å². The van der Waals surface area contributed by atoms with Crippen LogP contribution in [0.5, 0.6) is 11.5 Å². The number of halogens is 2. The second-order valence-electron chi connectivity index (χ2n) is 5.79. The van der Waals surface area contributed by atoms with Crippen LogP contribution in [0.1, 0.15) is 25.8 Å². The van der Waals surface area contributed by atoms with Gasteiger partial charge in [-0.15, -0.1) is 12.4 Å². The Kier molecular flexibility index (Phi) is 7.97. The van der Waals surface area contributed by atoms with E-state index in [2.05, 4.69) is 46.8 Å². The third-order valence-corrected chi connectivity index (χ3v) is 4.48. The summed E-state index contributed by atoms with van der Waals surface area (Å²) >= 11 is 3.59. The van der Waals surface area contributed by atoms with Crippen LogP contribution in [0.25, 0.3) is 0 Å². The van der Waals surface area contributed by atoms with E-state index in [0.717, 1.165) is 42.0 Å². The predicted octanol–water partition coefficient (Wildman–Crippen LogP) is 3.45. The number of likely N-dealkylation sites (tertiary alicyclic amines) is 1. The number of ether oxygens (including phenoxy) is 2. The van der Waals surface area contributed by atoms with Gasteiger partial charge in [0.25, 0.3) is 0 Å². The van der Waals surface area contributed by atoms with E-state index in [4.69, 9.17) is 15.2 Å². The Labute approximate surface area is 147 Å². The fraction of sp³-hybridized carbons (Fsp3) is 0.625. The summed E-state index contributed by atoms with van der Waals surface area (Å²) in [5.41, 5.74) is 7.30. The van der Waals surface area contributed by atoms with Crippen molar-refractivity contribution in [1.29, 1.82) is 0 Å². The molecule has 1 aliphatic rings. The number of methoxy groups -OCH3 is 1. The zero-order valence-corrected chi connectivity index (χ0v) is 15.9. The van der Waals surface area contributed by atoms with Crippen molar-refractivity contribution in [3.63, 3.8) is 0 Å². The molecule has 22 heavy (non-hydrogen) atoms. The third kappa shape index (κ3) is 4.75. The Morgan fingerprint density at radius 2 is 2.09 bits per heavy atom. The third-order valence-electron chi connectivity index (χ3n) is 3.89. The molecule has 0 spiro atoms. The number of hydrogen-bond acceptors (Lipinski definition) is 4. The van der Waals surface area contributed by atoms with E-state index >= 15 is 0 Å². The maximum absolute atomic E-state index is 6.09. The molecule has 126 valence electrons. The summed E-state index contributed by atoms with van der Waals surface area (Å²) in [4.78, 5) is 2.39. The van der Waals surface area contributed by atoms with E-state index < -0.39 is 0 Å². The van der Waals surface area contributed by atoms with Crippen molar-refractivity contribution in [1.82, 2.24) is 4.90 Å². The molecule has 2 rings (SSSR count). The summed E-state index contributed by atoms with van der Waals surface area (Å²) < 4.78 is 12.2. The van der Waals surface area contributed by atoms with Crippen LogP contribution in [-0.4, -0.2) is 37.7 Å². The first-order valence-corrected chi connectivity index (χ1v) is 8.31. The van der Waals surface area contributed by atoms with Gasteiger partial charge in [0.15, 0.2) is 11.5 Å². The van der Waals surface area contributed by atoms with Gasteiger partial charge in [-0.1, -0.05) is 13.8 Å². The minimum atomic E-state index is 0. The van der Waals surface area contributed by atoms with Gasteiger partial charge in [0.2, 0.25) is 0 Å². The lowest BCUT2D eigenvalue weighted by Gasteiger charge is -2.18. The SMILES string of the molecule is CCCOc1c(Br)cc(CN2CC(C)C(N)C2)cc1OC.Cl. The van der Waals surface area contributed by atoms with Crippen LogP contribution in [0.4, 0.5) is 0 Å². The molecule has 2 N–H and O–H groups in total. The molecule has 0 bridgehead atoms. The number of nitrogens with zero attached hydrogens (tertiary/aromatic N) is 1. The van der Waals surface area contributed by atoms with Gasteiger partial charge in [0, 0.05) is 25.7 Å². The maximum Gasteiger partial charge on any atom is 0.175 e. The van der Waals surface area contributed by atoms with Gasteiger partial charge < -0.3 is 15.2 Å². The molecule has 2 unspecified atom stereocenters. The van der Waals surface area contributed by atoms with Crippen molar-refractivity contribution in [3.8, 4) is 11.5 Å². The summed E-state index contributed by atoms with van der Waals surface area (Å²) in [5, 5.41) is 0. The molecule has 0 aromatic heterocycles. The van der Waals surface area contributed by atoms with Crippen LogP contribution in [0, 0.1) is 5.92 Å². The molecule has 0 aliphatic carbocycles. The standard InChI is InChI=1S/C16H25BrN2O2.ClH/c1-4-5-21-16-13(17)6-12(7-15(16)20-3)9-19-8-11(2)14(18)10-19;/h6-7,11,14H,4-5,8-10,18H2,1-3H3;1H. The molecular weight excluding hydrogens is 368 g/mol. The molecule has 4 nitrogen and oxygen atoms in total. The summed E-state index contributed by atoms with van der Waals surface area (Å²) in [5.74, 6) is 2.13. The number of nitrogens with two attached hydrogens (primary N) is 1. The Morgan fingerprint density at radius 1 is 1.36 bits per heavy atom. The highest BCUT2D eigenvalue weighted by Gasteiger charge is 2.26. The van der Waals surface area contributed by atoms with Crippen LogP contribution in [0.15, 0.2) is 16.6 Å². The summed E-state index contributed by atoms with van der Waals surface area (Å²) in [7, 11) is 1.68. The van der Waals surface area contributed by atoms with E-state index in [-0.39, 0.29) is 18.4 Å². The minimum Gasteiger partial charge on any atom is -0.493 e. The lowest BCUT2D eigenvalue weighted by molar-refractivity contribution is 0.290. The first-order valence-electron chi connectivity index (χ1n) is 7.52. The molecule has 2 atom stereocenters. The van der Waals surface area contributed by atoms with Gasteiger partial charge in [-0.25, -0.2) is 0 Å². The van der Waals surface area contributed by atoms with Crippen LogP contribution < -0.4 is 15.2 Å². The van der Waals surface area contributed by atoms with Crippen LogP contribution in [-0.2, 0) is 6.54 Å². The van der Waals surface area contributed by atoms with Crippen LogP contribution in [0.2, 0.25) is 0 Å². The average molecular weight is 394 g/mol. The number of rotatable bonds is 6. The lowest BCUT2D eigenvalue weighted by Crippen LogP contribution is -2.28. The Hall–Kier alpha value is -0.490. The molecule has 0 radical (unpaired) electrons. The molecule has 0 saturated carbocycles. The molecule has 6 heteroatoms. The van der Waals surface area contributed by atoms with Crippen molar-refractivity contribution in [3.05, 3.63) is 22.2 Å². The molecule has 1 aromatic carbocycles. The zero-order chi connectivity index (χ0) is 15.4. The Balaban J connectivity index is 0.00000242. The van der Waals surface area contributed by atoms with Crippen LogP contribution >= 0.6 is 28.3 Å². The molecule has 1 heterocycles. The highest BCUT2D eigenvalue weighted by molar-refractivity contribution is 9.10. The topological polar surface area (TPSA) is 47.7 Å². The number of benzene rings is 1. The summed E-state index contributed by atoms with van der Waals surface area (Å²) in [6.45, 7) is 7.88. The van der Waals surface area contributed by atoms with Gasteiger partial charge in [0.05, 0.1) is 18.2 Å². The monoisotopic (exact) mass is 392 g/mol. The van der Waals surface area contributed by atoms with Crippen molar-refractivity contribution in [2.75, 3.05) is 26.8 Å². The van der Waals surface area contributed by atoms with E-state index in [9.17, 15) is 0 Å². The van der Waals surface area contributed by atoms with Gasteiger partial charge >= 0.3 is 0 Å². The molecular formula is C16H26BrClN2O2. The second-order valence-corrected chi connectivity index (χ2v) is 6.65. The molecule has 1 saturated heterocycles. The van der Waals surface area contributed by atoms with E-state index in [1.807, 2.05) is 0 Å². The van der Waals surface area contributed by atoms with Crippen LogP contribution in [0.3, 0.4) is 0 Å². The van der Waals surface area contributed by atoms with Crippen molar-refractivity contribution >= 4 is 28.3 Å². The highest BCUT2D eigenvalue weighted by Crippen LogP contribution is 2.37. The maximum atomic E-state index is 6.09. The second kappa shape index (κ2) is 8.96. The predicted molar refractivity (Wildman–Crippen MR) is 96.1 cm³/mol. The smallest absolute Gasteiger partial charge is 0.175 e. The van der Waals surface area contributed by atoms with Crippen molar-refractivity contribution < 1.29 is 9.47 Å². The molecule has 1 aliphatic heterocycles. The van der Waals surface area contributed by atoms with E-state index in [0.29, 0.717) is 12.5 Å². The molecule has 1 aromatic rings. The zero-order valence-electron chi connectivity index (χ0n) is 13.5. The lowest BCUT2D eigenvalue weighted by atomic mass is 10.1. The minimum absolute atomic E-state index is 0. The van der Waals surface area contributed by atoms with E-state index in [1.54, 1.807) is 7.11 Å². The van der Waals surface area contributed by atoms with Crippen molar-refractivity contribution in [2.24, 2.45) is 11.7 Å². The highest BCUT2D eigenvalue weighted by atomic mass is 79.9. The fourth-order valence-electron chi connectivity index (χ4n) is 2.69.